The number of thiazole rings is 1. The lowest BCUT2D eigenvalue weighted by Crippen LogP contribution is -2.49. The summed E-state index contributed by atoms with van der Waals surface area (Å²) in [4.78, 5) is 42.3. The fourth-order valence-corrected chi connectivity index (χ4v) is 4.20. The van der Waals surface area contributed by atoms with Crippen molar-refractivity contribution < 1.29 is 19.1 Å². The highest BCUT2D eigenvalue weighted by atomic mass is 32.1. The van der Waals surface area contributed by atoms with Gasteiger partial charge in [0.15, 0.2) is 0 Å². The van der Waals surface area contributed by atoms with E-state index in [4.69, 9.17) is 4.74 Å². The number of imide groups is 1. The number of benzene rings is 2. The molecular formula is C23H22N4O4S. The average molecular weight is 451 g/mol. The second kappa shape index (κ2) is 8.80. The van der Waals surface area contributed by atoms with Crippen LogP contribution >= 0.6 is 11.3 Å². The van der Waals surface area contributed by atoms with Crippen molar-refractivity contribution in [2.75, 3.05) is 7.11 Å². The van der Waals surface area contributed by atoms with Crippen molar-refractivity contribution in [1.82, 2.24) is 20.7 Å². The zero-order valence-electron chi connectivity index (χ0n) is 17.6. The van der Waals surface area contributed by atoms with Crippen LogP contribution in [0.2, 0.25) is 0 Å². The number of urea groups is 1. The Morgan fingerprint density at radius 3 is 2.56 bits per heavy atom. The van der Waals surface area contributed by atoms with Crippen LogP contribution in [0.15, 0.2) is 60.0 Å². The molecule has 8 nitrogen and oxygen atoms in total. The van der Waals surface area contributed by atoms with Gasteiger partial charge in [-0.15, -0.1) is 11.3 Å². The third-order valence-corrected chi connectivity index (χ3v) is 6.20. The molecule has 0 radical (unpaired) electrons. The van der Waals surface area contributed by atoms with E-state index in [1.54, 1.807) is 31.5 Å². The predicted octanol–water partition coefficient (Wildman–Crippen LogP) is 3.41. The van der Waals surface area contributed by atoms with Crippen molar-refractivity contribution in [3.63, 3.8) is 0 Å². The molecule has 4 rings (SSSR count). The van der Waals surface area contributed by atoms with Crippen LogP contribution in [0.4, 0.5) is 4.79 Å². The van der Waals surface area contributed by atoms with Gasteiger partial charge < -0.3 is 10.1 Å². The molecule has 1 saturated heterocycles. The Balaban J connectivity index is 1.42. The van der Waals surface area contributed by atoms with Crippen molar-refractivity contribution in [1.29, 1.82) is 0 Å². The van der Waals surface area contributed by atoms with Gasteiger partial charge in [0.25, 0.3) is 11.8 Å². The number of amides is 4. The first-order chi connectivity index (χ1) is 15.4. The quantitative estimate of drug-likeness (QED) is 0.538. The van der Waals surface area contributed by atoms with Crippen molar-refractivity contribution in [3.05, 3.63) is 71.2 Å². The summed E-state index contributed by atoms with van der Waals surface area (Å²) in [5.74, 6) is -0.411. The lowest BCUT2D eigenvalue weighted by Gasteiger charge is -2.21. The number of nitrogens with one attached hydrogen (secondary N) is 2. The minimum atomic E-state index is -1.10. The highest BCUT2D eigenvalue weighted by molar-refractivity contribution is 7.13. The minimum absolute atomic E-state index is 0.124. The number of hydrogen-bond acceptors (Lipinski definition) is 6. The van der Waals surface area contributed by atoms with Gasteiger partial charge in [0.05, 0.1) is 7.11 Å². The van der Waals surface area contributed by atoms with E-state index in [2.05, 4.69) is 15.7 Å². The van der Waals surface area contributed by atoms with E-state index in [1.165, 1.54) is 11.3 Å². The fraction of sp³-hybridized carbons (Fsp3) is 0.217. The lowest BCUT2D eigenvalue weighted by molar-refractivity contribution is -0.132. The van der Waals surface area contributed by atoms with Crippen molar-refractivity contribution in [3.8, 4) is 16.3 Å². The Morgan fingerprint density at radius 2 is 1.88 bits per heavy atom. The minimum Gasteiger partial charge on any atom is -0.497 e. The smallest absolute Gasteiger partial charge is 0.344 e. The van der Waals surface area contributed by atoms with Crippen molar-refractivity contribution >= 4 is 29.2 Å². The Labute approximate surface area is 189 Å². The molecule has 1 fully saturated rings. The van der Waals surface area contributed by atoms with Gasteiger partial charge in [0.1, 0.15) is 22.0 Å². The molecule has 32 heavy (non-hydrogen) atoms. The van der Waals surface area contributed by atoms with E-state index >= 15 is 0 Å². The van der Waals surface area contributed by atoms with Crippen LogP contribution in [0.5, 0.6) is 5.75 Å². The number of carbonyl (C=O) groups excluding carboxylic acids is 3. The Kier molecular flexibility index (Phi) is 5.91. The summed E-state index contributed by atoms with van der Waals surface area (Å²) in [6, 6.07) is 16.3. The molecule has 0 saturated carbocycles. The predicted molar refractivity (Wildman–Crippen MR) is 120 cm³/mol. The number of nitrogens with zero attached hydrogens (tertiary/aromatic N) is 2. The molecule has 0 aliphatic carbocycles. The highest BCUT2D eigenvalue weighted by Crippen LogP contribution is 2.26. The zero-order valence-corrected chi connectivity index (χ0v) is 18.4. The number of aromatic nitrogens is 1. The van der Waals surface area contributed by atoms with Gasteiger partial charge in [0, 0.05) is 10.9 Å². The molecule has 0 bridgehead atoms. The Morgan fingerprint density at radius 1 is 1.16 bits per heavy atom. The maximum absolute atomic E-state index is 12.9. The number of ether oxygens (including phenoxy) is 1. The SMILES string of the molecule is COc1ccc(-c2nc(C(=O)NN3C(=O)NC(C)(CCc4ccccc4)C3=O)cs2)cc1. The number of carbonyl (C=O) groups is 3. The van der Waals surface area contributed by atoms with Gasteiger partial charge in [0.2, 0.25) is 0 Å². The third kappa shape index (κ3) is 4.33. The average Bonchev–Trinajstić information content (AvgIpc) is 3.38. The summed E-state index contributed by atoms with van der Waals surface area (Å²) in [5.41, 5.74) is 3.31. The molecule has 4 amide bonds. The summed E-state index contributed by atoms with van der Waals surface area (Å²) >= 11 is 1.29. The molecule has 1 atom stereocenters. The molecule has 2 aromatic carbocycles. The molecule has 9 heteroatoms. The van der Waals surface area contributed by atoms with Gasteiger partial charge >= 0.3 is 6.03 Å². The van der Waals surface area contributed by atoms with E-state index in [-0.39, 0.29) is 5.69 Å². The van der Waals surface area contributed by atoms with Crippen LogP contribution in [-0.4, -0.2) is 40.5 Å². The summed E-state index contributed by atoms with van der Waals surface area (Å²) in [5, 5.41) is 5.65. The molecule has 1 aliphatic rings. The second-order valence-electron chi connectivity index (χ2n) is 7.60. The first-order valence-corrected chi connectivity index (χ1v) is 10.9. The number of aryl methyl sites for hydroxylation is 1. The number of methoxy groups -OCH3 is 1. The summed E-state index contributed by atoms with van der Waals surface area (Å²) < 4.78 is 5.15. The number of hydrazine groups is 1. The van der Waals surface area contributed by atoms with E-state index < -0.39 is 23.4 Å². The van der Waals surface area contributed by atoms with Crippen LogP contribution in [-0.2, 0) is 11.2 Å². The monoisotopic (exact) mass is 450 g/mol. The fourth-order valence-electron chi connectivity index (χ4n) is 3.40. The first-order valence-electron chi connectivity index (χ1n) is 10.0. The molecule has 1 unspecified atom stereocenters. The maximum atomic E-state index is 12.9. The topological polar surface area (TPSA) is 101 Å². The van der Waals surface area contributed by atoms with E-state index in [9.17, 15) is 14.4 Å². The molecule has 2 heterocycles. The normalized spacial score (nSPS) is 17.9. The first kappa shape index (κ1) is 21.5. The van der Waals surface area contributed by atoms with Gasteiger partial charge in [-0.3, -0.25) is 15.0 Å². The van der Waals surface area contributed by atoms with Gasteiger partial charge in [-0.05, 0) is 49.6 Å². The number of rotatable bonds is 7. The van der Waals surface area contributed by atoms with Crippen molar-refractivity contribution in [2.45, 2.75) is 25.3 Å². The van der Waals surface area contributed by atoms with E-state index in [0.717, 1.165) is 21.9 Å². The lowest BCUT2D eigenvalue weighted by atomic mass is 9.93. The standard InChI is InChI=1S/C23H22N4O4S/c1-23(13-12-15-6-4-3-5-7-15)21(29)27(22(30)25-23)26-19(28)18-14-32-20(24-18)16-8-10-17(31-2)11-9-16/h3-11,14H,12-13H2,1-2H3,(H,25,30)(H,26,28). The molecule has 164 valence electrons. The largest absolute Gasteiger partial charge is 0.497 e. The number of hydrogen-bond donors (Lipinski definition) is 2. The van der Waals surface area contributed by atoms with Crippen molar-refractivity contribution in [2.24, 2.45) is 0 Å². The maximum Gasteiger partial charge on any atom is 0.344 e. The van der Waals surface area contributed by atoms with E-state index in [1.807, 2.05) is 42.5 Å². The highest BCUT2D eigenvalue weighted by Gasteiger charge is 2.48. The summed E-state index contributed by atoms with van der Waals surface area (Å²) in [6.45, 7) is 1.66. The van der Waals surface area contributed by atoms with Crippen LogP contribution in [0.1, 0.15) is 29.4 Å². The molecule has 3 aromatic rings. The van der Waals surface area contributed by atoms with Gasteiger partial charge in [-0.1, -0.05) is 30.3 Å². The van der Waals surface area contributed by atoms with Gasteiger partial charge in [-0.2, -0.15) is 5.01 Å². The molecule has 1 aromatic heterocycles. The Hall–Kier alpha value is -3.72. The summed E-state index contributed by atoms with van der Waals surface area (Å²) in [7, 11) is 1.59. The Bertz CT molecular complexity index is 1150. The van der Waals surface area contributed by atoms with E-state index in [0.29, 0.717) is 17.8 Å². The molecule has 1 aliphatic heterocycles. The van der Waals surface area contributed by atoms with Crippen LogP contribution in [0.25, 0.3) is 10.6 Å². The van der Waals surface area contributed by atoms with Crippen LogP contribution < -0.4 is 15.5 Å². The molecule has 0 spiro atoms. The molecular weight excluding hydrogens is 428 g/mol. The second-order valence-corrected chi connectivity index (χ2v) is 8.45. The summed E-state index contributed by atoms with van der Waals surface area (Å²) in [6.07, 6.45) is 1.02. The van der Waals surface area contributed by atoms with Gasteiger partial charge in [-0.25, -0.2) is 9.78 Å². The third-order valence-electron chi connectivity index (χ3n) is 5.30. The van der Waals surface area contributed by atoms with Crippen LogP contribution in [0.3, 0.4) is 0 Å². The molecule has 2 N–H and O–H groups in total. The zero-order chi connectivity index (χ0) is 22.7. The van der Waals surface area contributed by atoms with Crippen LogP contribution in [0, 0.1) is 0 Å².